The number of hydrogen-bond acceptors (Lipinski definition) is 1. The Morgan fingerprint density at radius 2 is 1.46 bits per heavy atom. The summed E-state index contributed by atoms with van der Waals surface area (Å²) in [6.45, 7) is 3.55. The van der Waals surface area contributed by atoms with E-state index >= 15 is 0 Å². The molecule has 1 heterocycles. The first kappa shape index (κ1) is 20.4. The summed E-state index contributed by atoms with van der Waals surface area (Å²) >= 11 is 0. The lowest BCUT2D eigenvalue weighted by Crippen LogP contribution is -2.15. The second kappa shape index (κ2) is 8.80. The molecule has 1 nitrogen and oxygen atoms in total. The topological polar surface area (TPSA) is 9.23 Å². The van der Waals surface area contributed by atoms with Crippen molar-refractivity contribution in [1.82, 2.24) is 0 Å². The highest BCUT2D eigenvalue weighted by molar-refractivity contribution is 5.72. The number of allylic oxidation sites excluding steroid dienone is 1. The molecule has 0 aliphatic carbocycles. The fourth-order valence-electron chi connectivity index (χ4n) is 3.51. The molecule has 3 rings (SSSR count). The molecule has 0 aromatic heterocycles. The standard InChI is InChI=1S/C23H24F4O/c1-3-4-5-6-16-9-8-15(13-28-16)17-11-12-19(23(27)21(17)25)18-10-7-14(2)20(24)22(18)26/h7,10-13,16H,3-6,8-9H2,1-2H3. The van der Waals surface area contributed by atoms with Crippen LogP contribution in [0, 0.1) is 30.2 Å². The first-order valence-corrected chi connectivity index (χ1v) is 9.71. The third-order valence-corrected chi connectivity index (χ3v) is 5.26. The Labute approximate surface area is 163 Å². The molecule has 1 atom stereocenters. The van der Waals surface area contributed by atoms with Gasteiger partial charge in [0.1, 0.15) is 0 Å². The van der Waals surface area contributed by atoms with Crippen LogP contribution in [0.25, 0.3) is 16.7 Å². The average molecular weight is 392 g/mol. The molecular weight excluding hydrogens is 368 g/mol. The van der Waals surface area contributed by atoms with E-state index in [-0.39, 0.29) is 28.4 Å². The van der Waals surface area contributed by atoms with E-state index in [0.717, 1.165) is 32.1 Å². The van der Waals surface area contributed by atoms with E-state index in [4.69, 9.17) is 4.74 Å². The summed E-state index contributed by atoms with van der Waals surface area (Å²) < 4.78 is 63.1. The number of unbranched alkanes of at least 4 members (excludes halogenated alkanes) is 2. The van der Waals surface area contributed by atoms with E-state index in [1.807, 2.05) is 0 Å². The van der Waals surface area contributed by atoms with Gasteiger partial charge < -0.3 is 4.74 Å². The molecule has 0 radical (unpaired) electrons. The zero-order valence-electron chi connectivity index (χ0n) is 16.1. The first-order chi connectivity index (χ1) is 13.4. The molecule has 0 saturated heterocycles. The molecule has 2 aromatic carbocycles. The number of halogens is 4. The molecule has 1 aliphatic rings. The summed E-state index contributed by atoms with van der Waals surface area (Å²) in [5, 5.41) is 0. The van der Waals surface area contributed by atoms with E-state index in [1.165, 1.54) is 37.5 Å². The molecule has 150 valence electrons. The smallest absolute Gasteiger partial charge is 0.167 e. The van der Waals surface area contributed by atoms with Gasteiger partial charge in [-0.15, -0.1) is 0 Å². The maximum absolute atomic E-state index is 14.7. The average Bonchev–Trinajstić information content (AvgIpc) is 2.70. The molecule has 28 heavy (non-hydrogen) atoms. The van der Waals surface area contributed by atoms with Gasteiger partial charge >= 0.3 is 0 Å². The maximum Gasteiger partial charge on any atom is 0.167 e. The molecule has 0 spiro atoms. The lowest BCUT2D eigenvalue weighted by atomic mass is 9.93. The van der Waals surface area contributed by atoms with Crippen LogP contribution in [0.2, 0.25) is 0 Å². The molecular formula is C23H24F4O. The Bertz CT molecular complexity index is 889. The summed E-state index contributed by atoms with van der Waals surface area (Å²) in [7, 11) is 0. The molecule has 0 bridgehead atoms. The third kappa shape index (κ3) is 4.08. The van der Waals surface area contributed by atoms with Crippen molar-refractivity contribution in [2.75, 3.05) is 0 Å². The Kier molecular flexibility index (Phi) is 6.42. The monoisotopic (exact) mass is 392 g/mol. The number of aryl methyl sites for hydroxylation is 1. The first-order valence-electron chi connectivity index (χ1n) is 9.71. The minimum atomic E-state index is -1.19. The Morgan fingerprint density at radius 1 is 0.857 bits per heavy atom. The van der Waals surface area contributed by atoms with Crippen LogP contribution in [0.5, 0.6) is 0 Å². The number of benzene rings is 2. The van der Waals surface area contributed by atoms with Gasteiger partial charge in [-0.1, -0.05) is 44.0 Å². The second-order valence-electron chi connectivity index (χ2n) is 7.28. The van der Waals surface area contributed by atoms with Crippen molar-refractivity contribution in [1.29, 1.82) is 0 Å². The zero-order chi connectivity index (χ0) is 20.3. The fraction of sp³-hybridized carbons (Fsp3) is 0.391. The summed E-state index contributed by atoms with van der Waals surface area (Å²) in [5.74, 6) is -4.50. The van der Waals surface area contributed by atoms with E-state index in [1.54, 1.807) is 0 Å². The predicted octanol–water partition coefficient (Wildman–Crippen LogP) is 7.32. The molecule has 2 aromatic rings. The summed E-state index contributed by atoms with van der Waals surface area (Å²) in [6.07, 6.45) is 7.25. The van der Waals surface area contributed by atoms with Crippen molar-refractivity contribution in [2.45, 2.75) is 58.5 Å². The number of hydrogen-bond donors (Lipinski definition) is 0. The van der Waals surface area contributed by atoms with Gasteiger partial charge in [0.2, 0.25) is 0 Å². The van der Waals surface area contributed by atoms with E-state index in [9.17, 15) is 17.6 Å². The quantitative estimate of drug-likeness (QED) is 0.370. The summed E-state index contributed by atoms with van der Waals surface area (Å²) in [6, 6.07) is 5.29. The molecule has 0 N–H and O–H groups in total. The fourth-order valence-corrected chi connectivity index (χ4v) is 3.51. The largest absolute Gasteiger partial charge is 0.498 e. The van der Waals surface area contributed by atoms with Crippen molar-refractivity contribution in [2.24, 2.45) is 0 Å². The van der Waals surface area contributed by atoms with Crippen LogP contribution in [0.15, 0.2) is 30.5 Å². The number of ether oxygens (including phenoxy) is 1. The molecule has 1 aliphatic heterocycles. The van der Waals surface area contributed by atoms with Gasteiger partial charge in [0.15, 0.2) is 23.3 Å². The van der Waals surface area contributed by atoms with Gasteiger partial charge in [-0.2, -0.15) is 0 Å². The lowest BCUT2D eigenvalue weighted by Gasteiger charge is -2.23. The highest BCUT2D eigenvalue weighted by Gasteiger charge is 2.23. The van der Waals surface area contributed by atoms with Crippen LogP contribution < -0.4 is 0 Å². The van der Waals surface area contributed by atoms with Gasteiger partial charge in [-0.3, -0.25) is 0 Å². The molecule has 0 saturated carbocycles. The van der Waals surface area contributed by atoms with E-state index in [0.29, 0.717) is 12.0 Å². The van der Waals surface area contributed by atoms with Crippen LogP contribution in [-0.4, -0.2) is 6.10 Å². The van der Waals surface area contributed by atoms with Crippen LogP contribution in [0.3, 0.4) is 0 Å². The predicted molar refractivity (Wildman–Crippen MR) is 103 cm³/mol. The number of rotatable bonds is 6. The third-order valence-electron chi connectivity index (χ3n) is 5.26. The van der Waals surface area contributed by atoms with Gasteiger partial charge in [0.05, 0.1) is 12.4 Å². The Hall–Kier alpha value is -2.30. The van der Waals surface area contributed by atoms with Gasteiger partial charge in [-0.05, 0) is 43.7 Å². The highest BCUT2D eigenvalue weighted by Crippen LogP contribution is 2.35. The van der Waals surface area contributed by atoms with Crippen LogP contribution >= 0.6 is 0 Å². The Balaban J connectivity index is 1.85. The highest BCUT2D eigenvalue weighted by atomic mass is 19.2. The Morgan fingerprint density at radius 3 is 2.11 bits per heavy atom. The molecule has 5 heteroatoms. The maximum atomic E-state index is 14.7. The minimum absolute atomic E-state index is 0.0984. The molecule has 0 fully saturated rings. The van der Waals surface area contributed by atoms with Crippen LogP contribution in [0.1, 0.15) is 56.6 Å². The molecule has 0 amide bonds. The van der Waals surface area contributed by atoms with E-state index in [2.05, 4.69) is 6.92 Å². The SMILES string of the molecule is CCCCCC1CCC(c2ccc(-c3ccc(C)c(F)c3F)c(F)c2F)=CO1. The molecule has 1 unspecified atom stereocenters. The lowest BCUT2D eigenvalue weighted by molar-refractivity contribution is 0.116. The van der Waals surface area contributed by atoms with Crippen LogP contribution in [0.4, 0.5) is 17.6 Å². The second-order valence-corrected chi connectivity index (χ2v) is 7.28. The van der Waals surface area contributed by atoms with Gasteiger partial charge in [0, 0.05) is 16.7 Å². The normalized spacial score (nSPS) is 16.6. The van der Waals surface area contributed by atoms with Gasteiger partial charge in [0.25, 0.3) is 0 Å². The zero-order valence-corrected chi connectivity index (χ0v) is 16.1. The van der Waals surface area contributed by atoms with Crippen molar-refractivity contribution in [3.05, 3.63) is 64.9 Å². The summed E-state index contributed by atoms with van der Waals surface area (Å²) in [4.78, 5) is 0. The van der Waals surface area contributed by atoms with Crippen LogP contribution in [-0.2, 0) is 4.74 Å². The van der Waals surface area contributed by atoms with E-state index < -0.39 is 23.3 Å². The van der Waals surface area contributed by atoms with Gasteiger partial charge in [-0.25, -0.2) is 17.6 Å². The van der Waals surface area contributed by atoms with Crippen molar-refractivity contribution >= 4 is 5.57 Å². The van der Waals surface area contributed by atoms with Crippen molar-refractivity contribution < 1.29 is 22.3 Å². The van der Waals surface area contributed by atoms with Crippen molar-refractivity contribution in [3.63, 3.8) is 0 Å². The minimum Gasteiger partial charge on any atom is -0.498 e. The van der Waals surface area contributed by atoms with Crippen molar-refractivity contribution in [3.8, 4) is 11.1 Å². The summed E-state index contributed by atoms with van der Waals surface area (Å²) in [5.41, 5.74) is 0.187.